The van der Waals surface area contributed by atoms with Crippen molar-refractivity contribution in [3.8, 4) is 11.5 Å². The SMILES string of the molecule is Cc1cc(C)cc(OCC(=O)NNC(=O)c2cccc(O)c2)c1. The van der Waals surface area contributed by atoms with Crippen molar-refractivity contribution in [1.29, 1.82) is 0 Å². The van der Waals surface area contributed by atoms with Gasteiger partial charge in [0.15, 0.2) is 6.61 Å². The van der Waals surface area contributed by atoms with Gasteiger partial charge in [-0.05, 0) is 55.3 Å². The second-order valence-electron chi connectivity index (χ2n) is 5.16. The van der Waals surface area contributed by atoms with Crippen LogP contribution in [-0.4, -0.2) is 23.5 Å². The highest BCUT2D eigenvalue weighted by atomic mass is 16.5. The minimum absolute atomic E-state index is 0.0258. The van der Waals surface area contributed by atoms with E-state index in [1.807, 2.05) is 32.0 Å². The number of hydrogen-bond donors (Lipinski definition) is 3. The molecule has 6 heteroatoms. The summed E-state index contributed by atoms with van der Waals surface area (Å²) in [7, 11) is 0. The molecule has 3 N–H and O–H groups in total. The summed E-state index contributed by atoms with van der Waals surface area (Å²) in [5, 5.41) is 9.31. The van der Waals surface area contributed by atoms with Crippen LogP contribution in [0.25, 0.3) is 0 Å². The third-order valence-electron chi connectivity index (χ3n) is 2.99. The fourth-order valence-electron chi connectivity index (χ4n) is 2.05. The lowest BCUT2D eigenvalue weighted by Crippen LogP contribution is -2.43. The van der Waals surface area contributed by atoms with Gasteiger partial charge in [-0.25, -0.2) is 0 Å². The zero-order chi connectivity index (χ0) is 16.8. The number of hydrazine groups is 1. The van der Waals surface area contributed by atoms with E-state index in [0.717, 1.165) is 11.1 Å². The lowest BCUT2D eigenvalue weighted by Gasteiger charge is -2.10. The third-order valence-corrected chi connectivity index (χ3v) is 2.99. The molecule has 2 amide bonds. The number of aryl methyl sites for hydroxylation is 2. The van der Waals surface area contributed by atoms with Crippen LogP contribution in [0, 0.1) is 13.8 Å². The number of carbonyl (C=O) groups excluding carboxylic acids is 2. The highest BCUT2D eigenvalue weighted by Crippen LogP contribution is 2.15. The Hall–Kier alpha value is -3.02. The summed E-state index contributed by atoms with van der Waals surface area (Å²) in [6, 6.07) is 11.5. The number of aromatic hydroxyl groups is 1. The molecule has 0 radical (unpaired) electrons. The van der Waals surface area contributed by atoms with E-state index in [1.54, 1.807) is 0 Å². The van der Waals surface area contributed by atoms with Crippen molar-refractivity contribution in [3.63, 3.8) is 0 Å². The number of benzene rings is 2. The Labute approximate surface area is 134 Å². The van der Waals surface area contributed by atoms with Crippen LogP contribution < -0.4 is 15.6 Å². The Morgan fingerprint density at radius 2 is 1.74 bits per heavy atom. The molecule has 0 aromatic heterocycles. The molecule has 120 valence electrons. The molecule has 0 heterocycles. The zero-order valence-corrected chi connectivity index (χ0v) is 12.9. The molecule has 0 unspecified atom stereocenters. The van der Waals surface area contributed by atoms with E-state index < -0.39 is 11.8 Å². The quantitative estimate of drug-likeness (QED) is 0.752. The molecule has 0 aliphatic carbocycles. The first-order chi connectivity index (χ1) is 10.9. The maximum atomic E-state index is 11.8. The zero-order valence-electron chi connectivity index (χ0n) is 12.9. The minimum Gasteiger partial charge on any atom is -0.508 e. The normalized spacial score (nSPS) is 10.0. The Balaban J connectivity index is 1.82. The van der Waals surface area contributed by atoms with Crippen molar-refractivity contribution in [2.24, 2.45) is 0 Å². The largest absolute Gasteiger partial charge is 0.508 e. The Bertz CT molecular complexity index is 708. The molecule has 2 aromatic carbocycles. The van der Waals surface area contributed by atoms with Crippen LogP contribution in [-0.2, 0) is 4.79 Å². The van der Waals surface area contributed by atoms with Gasteiger partial charge in [0.2, 0.25) is 0 Å². The molecule has 0 spiro atoms. The number of hydrogen-bond acceptors (Lipinski definition) is 4. The molecule has 0 aliphatic heterocycles. The topological polar surface area (TPSA) is 87.7 Å². The highest BCUT2D eigenvalue weighted by molar-refractivity contribution is 5.95. The molecule has 0 atom stereocenters. The van der Waals surface area contributed by atoms with Crippen molar-refractivity contribution in [3.05, 3.63) is 59.2 Å². The third kappa shape index (κ3) is 5.03. The number of ether oxygens (including phenoxy) is 1. The second kappa shape index (κ2) is 7.31. The summed E-state index contributed by atoms with van der Waals surface area (Å²) in [5.74, 6) is -0.447. The molecule has 2 aromatic rings. The van der Waals surface area contributed by atoms with Crippen LogP contribution >= 0.6 is 0 Å². The summed E-state index contributed by atoms with van der Waals surface area (Å²) in [6.07, 6.45) is 0. The van der Waals surface area contributed by atoms with Crippen molar-refractivity contribution in [1.82, 2.24) is 10.9 Å². The molecular weight excluding hydrogens is 296 g/mol. The highest BCUT2D eigenvalue weighted by Gasteiger charge is 2.08. The van der Waals surface area contributed by atoms with Crippen LogP contribution in [0.5, 0.6) is 11.5 Å². The van der Waals surface area contributed by atoms with Gasteiger partial charge in [0.25, 0.3) is 11.8 Å². The van der Waals surface area contributed by atoms with Gasteiger partial charge in [-0.2, -0.15) is 0 Å². The summed E-state index contributed by atoms with van der Waals surface area (Å²) in [6.45, 7) is 3.66. The van der Waals surface area contributed by atoms with Crippen molar-refractivity contribution >= 4 is 11.8 Å². The summed E-state index contributed by atoms with van der Waals surface area (Å²) < 4.78 is 5.38. The monoisotopic (exact) mass is 314 g/mol. The van der Waals surface area contributed by atoms with Crippen LogP contribution in [0.4, 0.5) is 0 Å². The van der Waals surface area contributed by atoms with Gasteiger partial charge >= 0.3 is 0 Å². The van der Waals surface area contributed by atoms with Gasteiger partial charge in [0.05, 0.1) is 0 Å². The number of amides is 2. The number of rotatable bonds is 4. The number of phenolic OH excluding ortho intramolecular Hbond substituents is 1. The predicted molar refractivity (Wildman–Crippen MR) is 85.1 cm³/mol. The van der Waals surface area contributed by atoms with Gasteiger partial charge in [-0.3, -0.25) is 20.4 Å². The fraction of sp³-hybridized carbons (Fsp3) is 0.176. The average molecular weight is 314 g/mol. The smallest absolute Gasteiger partial charge is 0.276 e. The fourth-order valence-corrected chi connectivity index (χ4v) is 2.05. The average Bonchev–Trinajstić information content (AvgIpc) is 2.49. The molecule has 0 saturated carbocycles. The first-order valence-electron chi connectivity index (χ1n) is 7.03. The number of nitrogens with one attached hydrogen (secondary N) is 2. The van der Waals surface area contributed by atoms with Crippen LogP contribution in [0.15, 0.2) is 42.5 Å². The van der Waals surface area contributed by atoms with Crippen LogP contribution in [0.1, 0.15) is 21.5 Å². The molecule has 0 saturated heterocycles. The Morgan fingerprint density at radius 3 is 2.39 bits per heavy atom. The van der Waals surface area contributed by atoms with Gasteiger partial charge in [-0.1, -0.05) is 12.1 Å². The van der Waals surface area contributed by atoms with E-state index in [2.05, 4.69) is 10.9 Å². The van der Waals surface area contributed by atoms with Gasteiger partial charge in [0.1, 0.15) is 11.5 Å². The van der Waals surface area contributed by atoms with Crippen LogP contribution in [0.3, 0.4) is 0 Å². The molecule has 0 aliphatic rings. The van der Waals surface area contributed by atoms with E-state index >= 15 is 0 Å². The minimum atomic E-state index is -0.527. The predicted octanol–water partition coefficient (Wildman–Crippen LogP) is 1.85. The maximum absolute atomic E-state index is 11.8. The summed E-state index contributed by atoms with van der Waals surface area (Å²) >= 11 is 0. The number of phenols is 1. The lowest BCUT2D eigenvalue weighted by atomic mass is 10.1. The molecule has 0 fully saturated rings. The van der Waals surface area contributed by atoms with E-state index in [-0.39, 0.29) is 17.9 Å². The summed E-state index contributed by atoms with van der Waals surface area (Å²) in [4.78, 5) is 23.5. The lowest BCUT2D eigenvalue weighted by molar-refractivity contribution is -0.123. The first kappa shape index (κ1) is 16.4. The summed E-state index contributed by atoms with van der Waals surface area (Å²) in [5.41, 5.74) is 6.83. The first-order valence-corrected chi connectivity index (χ1v) is 7.03. The molecular formula is C17H18N2O4. The molecule has 6 nitrogen and oxygen atoms in total. The van der Waals surface area contributed by atoms with Gasteiger partial charge < -0.3 is 9.84 Å². The van der Waals surface area contributed by atoms with Crippen molar-refractivity contribution in [2.75, 3.05) is 6.61 Å². The molecule has 2 rings (SSSR count). The molecule has 0 bridgehead atoms. The standard InChI is InChI=1S/C17H18N2O4/c1-11-6-12(2)8-15(7-11)23-10-16(21)18-19-17(22)13-4-3-5-14(20)9-13/h3-9,20H,10H2,1-2H3,(H,18,21)(H,19,22). The van der Waals surface area contributed by atoms with E-state index in [9.17, 15) is 14.7 Å². The van der Waals surface area contributed by atoms with E-state index in [0.29, 0.717) is 5.75 Å². The molecule has 23 heavy (non-hydrogen) atoms. The number of carbonyl (C=O) groups is 2. The van der Waals surface area contributed by atoms with Gasteiger partial charge in [0, 0.05) is 5.56 Å². The second-order valence-corrected chi connectivity index (χ2v) is 5.16. The Morgan fingerprint density at radius 1 is 1.04 bits per heavy atom. The van der Waals surface area contributed by atoms with Gasteiger partial charge in [-0.15, -0.1) is 0 Å². The van der Waals surface area contributed by atoms with E-state index in [1.165, 1.54) is 24.3 Å². The van der Waals surface area contributed by atoms with Crippen LogP contribution in [0.2, 0.25) is 0 Å². The Kier molecular flexibility index (Phi) is 5.19. The van der Waals surface area contributed by atoms with Crippen molar-refractivity contribution in [2.45, 2.75) is 13.8 Å². The van der Waals surface area contributed by atoms with Crippen molar-refractivity contribution < 1.29 is 19.4 Å². The maximum Gasteiger partial charge on any atom is 0.276 e. The van der Waals surface area contributed by atoms with E-state index in [4.69, 9.17) is 4.74 Å².